The van der Waals surface area contributed by atoms with Crippen LogP contribution in [0.5, 0.6) is 0 Å². The first kappa shape index (κ1) is 15.6. The van der Waals surface area contributed by atoms with Gasteiger partial charge >= 0.3 is 0 Å². The third-order valence-electron chi connectivity index (χ3n) is 2.45. The Balaban J connectivity index is 4.19. The molecule has 0 aromatic heterocycles. The zero-order valence-electron chi connectivity index (χ0n) is 10.9. The SMILES string of the molecule is C=CCN(CCOC)C(CNCC)COC. The molecule has 0 amide bonds. The van der Waals surface area contributed by atoms with E-state index in [1.165, 1.54) is 0 Å². The van der Waals surface area contributed by atoms with Gasteiger partial charge in [0.1, 0.15) is 0 Å². The van der Waals surface area contributed by atoms with E-state index in [2.05, 4.69) is 23.7 Å². The highest BCUT2D eigenvalue weighted by Gasteiger charge is 2.16. The normalized spacial score (nSPS) is 13.0. The predicted molar refractivity (Wildman–Crippen MR) is 67.9 cm³/mol. The lowest BCUT2D eigenvalue weighted by Gasteiger charge is -2.30. The zero-order valence-corrected chi connectivity index (χ0v) is 10.9. The Morgan fingerprint density at radius 1 is 1.38 bits per heavy atom. The summed E-state index contributed by atoms with van der Waals surface area (Å²) >= 11 is 0. The summed E-state index contributed by atoms with van der Waals surface area (Å²) in [5.74, 6) is 0. The topological polar surface area (TPSA) is 33.7 Å². The molecule has 0 aliphatic rings. The van der Waals surface area contributed by atoms with Gasteiger partial charge in [-0.05, 0) is 6.54 Å². The minimum absolute atomic E-state index is 0.373. The summed E-state index contributed by atoms with van der Waals surface area (Å²) in [6.45, 7) is 11.0. The van der Waals surface area contributed by atoms with E-state index in [1.807, 2.05) is 6.08 Å². The summed E-state index contributed by atoms with van der Waals surface area (Å²) in [7, 11) is 3.46. The second kappa shape index (κ2) is 11.1. The average Bonchev–Trinajstić information content (AvgIpc) is 2.30. The molecule has 1 unspecified atom stereocenters. The lowest BCUT2D eigenvalue weighted by Crippen LogP contribution is -2.46. The summed E-state index contributed by atoms with van der Waals surface area (Å²) in [6.07, 6.45) is 1.92. The number of methoxy groups -OCH3 is 2. The summed E-state index contributed by atoms with van der Waals surface area (Å²) in [5.41, 5.74) is 0. The largest absolute Gasteiger partial charge is 0.383 e. The summed E-state index contributed by atoms with van der Waals surface area (Å²) in [4.78, 5) is 2.32. The quantitative estimate of drug-likeness (QED) is 0.531. The van der Waals surface area contributed by atoms with Gasteiger partial charge in [0.2, 0.25) is 0 Å². The van der Waals surface area contributed by atoms with Crippen molar-refractivity contribution >= 4 is 0 Å². The fraction of sp³-hybridized carbons (Fsp3) is 0.833. The maximum absolute atomic E-state index is 5.25. The van der Waals surface area contributed by atoms with Gasteiger partial charge in [0.05, 0.1) is 13.2 Å². The maximum Gasteiger partial charge on any atom is 0.0630 e. The molecule has 0 aromatic carbocycles. The molecule has 0 radical (unpaired) electrons. The highest BCUT2D eigenvalue weighted by atomic mass is 16.5. The minimum Gasteiger partial charge on any atom is -0.383 e. The fourth-order valence-electron chi connectivity index (χ4n) is 1.59. The average molecular weight is 230 g/mol. The molecule has 0 aromatic rings. The number of rotatable bonds is 11. The van der Waals surface area contributed by atoms with E-state index in [0.717, 1.165) is 39.4 Å². The molecule has 0 rings (SSSR count). The third-order valence-corrected chi connectivity index (χ3v) is 2.45. The van der Waals surface area contributed by atoms with Gasteiger partial charge < -0.3 is 14.8 Å². The van der Waals surface area contributed by atoms with Gasteiger partial charge in [-0.25, -0.2) is 0 Å². The molecule has 96 valence electrons. The van der Waals surface area contributed by atoms with Crippen molar-refractivity contribution in [3.8, 4) is 0 Å². The molecule has 4 nitrogen and oxygen atoms in total. The number of ether oxygens (including phenoxy) is 2. The van der Waals surface area contributed by atoms with Gasteiger partial charge in [0.15, 0.2) is 0 Å². The van der Waals surface area contributed by atoms with Crippen LogP contribution in [0.15, 0.2) is 12.7 Å². The van der Waals surface area contributed by atoms with Crippen molar-refractivity contribution in [2.45, 2.75) is 13.0 Å². The molecule has 0 aliphatic heterocycles. The lowest BCUT2D eigenvalue weighted by molar-refractivity contribution is 0.0745. The first-order valence-corrected chi connectivity index (χ1v) is 5.83. The van der Waals surface area contributed by atoms with Crippen LogP contribution in [0.1, 0.15) is 6.92 Å². The molecule has 0 fully saturated rings. The molecular formula is C12H26N2O2. The number of nitrogens with zero attached hydrogens (tertiary/aromatic N) is 1. The molecule has 0 aliphatic carbocycles. The smallest absolute Gasteiger partial charge is 0.0630 e. The van der Waals surface area contributed by atoms with Crippen molar-refractivity contribution in [2.75, 3.05) is 53.6 Å². The van der Waals surface area contributed by atoms with Gasteiger partial charge in [0.25, 0.3) is 0 Å². The van der Waals surface area contributed by atoms with Crippen molar-refractivity contribution in [1.29, 1.82) is 0 Å². The van der Waals surface area contributed by atoms with Gasteiger partial charge in [0, 0.05) is 39.9 Å². The second-order valence-corrected chi connectivity index (χ2v) is 3.69. The van der Waals surface area contributed by atoms with Crippen molar-refractivity contribution in [1.82, 2.24) is 10.2 Å². The van der Waals surface area contributed by atoms with E-state index in [4.69, 9.17) is 9.47 Å². The van der Waals surface area contributed by atoms with Crippen LogP contribution in [0, 0.1) is 0 Å². The zero-order chi connectivity index (χ0) is 12.2. The molecule has 0 saturated heterocycles. The molecule has 16 heavy (non-hydrogen) atoms. The van der Waals surface area contributed by atoms with Crippen molar-refractivity contribution in [3.63, 3.8) is 0 Å². The Kier molecular flexibility index (Phi) is 10.8. The molecule has 0 saturated carbocycles. The van der Waals surface area contributed by atoms with E-state index in [-0.39, 0.29) is 0 Å². The Labute approximate surface area is 99.6 Å². The highest BCUT2D eigenvalue weighted by Crippen LogP contribution is 2.00. The Hall–Kier alpha value is -0.420. The molecule has 0 heterocycles. The summed E-state index contributed by atoms with van der Waals surface area (Å²) < 4.78 is 10.4. The number of hydrogen-bond acceptors (Lipinski definition) is 4. The molecule has 0 bridgehead atoms. The number of hydrogen-bond donors (Lipinski definition) is 1. The van der Waals surface area contributed by atoms with Crippen molar-refractivity contribution in [2.24, 2.45) is 0 Å². The standard InChI is InChI=1S/C12H26N2O2/c1-5-7-14(8-9-15-3)12(11-16-4)10-13-6-2/h5,12-13H,1,6-11H2,2-4H3. The first-order valence-electron chi connectivity index (χ1n) is 5.83. The van der Waals surface area contributed by atoms with E-state index >= 15 is 0 Å². The number of nitrogens with one attached hydrogen (secondary N) is 1. The van der Waals surface area contributed by atoms with Gasteiger partial charge in [-0.3, -0.25) is 4.90 Å². The van der Waals surface area contributed by atoms with Crippen LogP contribution in [0.3, 0.4) is 0 Å². The van der Waals surface area contributed by atoms with E-state index in [1.54, 1.807) is 14.2 Å². The van der Waals surface area contributed by atoms with E-state index in [9.17, 15) is 0 Å². The molecule has 1 atom stereocenters. The van der Waals surface area contributed by atoms with Crippen LogP contribution >= 0.6 is 0 Å². The molecule has 4 heteroatoms. The van der Waals surface area contributed by atoms with Gasteiger partial charge in [-0.15, -0.1) is 6.58 Å². The summed E-state index contributed by atoms with van der Waals surface area (Å²) in [6, 6.07) is 0.373. The van der Waals surface area contributed by atoms with E-state index < -0.39 is 0 Å². The highest BCUT2D eigenvalue weighted by molar-refractivity contribution is 4.80. The van der Waals surface area contributed by atoms with Crippen LogP contribution in [0.25, 0.3) is 0 Å². The van der Waals surface area contributed by atoms with Gasteiger partial charge in [-0.2, -0.15) is 0 Å². The second-order valence-electron chi connectivity index (χ2n) is 3.69. The van der Waals surface area contributed by atoms with Crippen LogP contribution < -0.4 is 5.32 Å². The summed E-state index contributed by atoms with van der Waals surface area (Å²) in [5, 5.41) is 3.35. The maximum atomic E-state index is 5.25. The van der Waals surface area contributed by atoms with Crippen LogP contribution in [0.4, 0.5) is 0 Å². The Bertz CT molecular complexity index is 165. The van der Waals surface area contributed by atoms with Gasteiger partial charge in [-0.1, -0.05) is 13.0 Å². The number of likely N-dealkylation sites (N-methyl/N-ethyl adjacent to an activating group) is 1. The monoisotopic (exact) mass is 230 g/mol. The Morgan fingerprint density at radius 2 is 2.12 bits per heavy atom. The van der Waals surface area contributed by atoms with Crippen LogP contribution in [0.2, 0.25) is 0 Å². The van der Waals surface area contributed by atoms with Crippen molar-refractivity contribution < 1.29 is 9.47 Å². The van der Waals surface area contributed by atoms with E-state index in [0.29, 0.717) is 6.04 Å². The lowest BCUT2D eigenvalue weighted by atomic mass is 10.2. The molecular weight excluding hydrogens is 204 g/mol. The Morgan fingerprint density at radius 3 is 2.62 bits per heavy atom. The van der Waals surface area contributed by atoms with Crippen LogP contribution in [-0.4, -0.2) is 64.6 Å². The fourth-order valence-corrected chi connectivity index (χ4v) is 1.59. The molecule has 0 spiro atoms. The third kappa shape index (κ3) is 6.95. The van der Waals surface area contributed by atoms with Crippen LogP contribution in [-0.2, 0) is 9.47 Å². The molecule has 1 N–H and O–H groups in total. The first-order chi connectivity index (χ1) is 7.79. The minimum atomic E-state index is 0.373. The predicted octanol–water partition coefficient (Wildman–Crippen LogP) is 0.745. The van der Waals surface area contributed by atoms with Crippen molar-refractivity contribution in [3.05, 3.63) is 12.7 Å².